The number of hydrogen-bond acceptors (Lipinski definition) is 4. The molecule has 1 N–H and O–H groups in total. The van der Waals surface area contributed by atoms with Gasteiger partial charge < -0.3 is 0 Å². The lowest BCUT2D eigenvalue weighted by molar-refractivity contribution is 0.551. The Morgan fingerprint density at radius 2 is 2.00 bits per heavy atom. The summed E-state index contributed by atoms with van der Waals surface area (Å²) in [6.07, 6.45) is 4.15. The molecule has 0 aliphatic carbocycles. The van der Waals surface area contributed by atoms with Crippen molar-refractivity contribution in [3.8, 4) is 0 Å². The zero-order valence-corrected chi connectivity index (χ0v) is 13.6. The van der Waals surface area contributed by atoms with E-state index in [0.29, 0.717) is 25.0 Å². The first-order chi connectivity index (χ1) is 11.1. The Morgan fingerprint density at radius 1 is 1.17 bits per heavy atom. The van der Waals surface area contributed by atoms with Crippen molar-refractivity contribution in [1.82, 2.24) is 19.5 Å². The zero-order valence-electron chi connectivity index (χ0n) is 12.8. The topological polar surface area (TPSA) is 76.9 Å². The van der Waals surface area contributed by atoms with E-state index in [-0.39, 0.29) is 4.90 Å². The Kier molecular flexibility index (Phi) is 4.40. The number of nitrogens with one attached hydrogen (secondary N) is 1. The molecule has 1 aromatic carbocycles. The highest BCUT2D eigenvalue weighted by Crippen LogP contribution is 2.20. The fourth-order valence-corrected chi connectivity index (χ4v) is 3.66. The van der Waals surface area contributed by atoms with E-state index in [2.05, 4.69) is 14.8 Å². The molecular weight excluding hydrogens is 312 g/mol. The number of hydrogen-bond donors (Lipinski definition) is 1. The number of fused-ring (bicyclic) bond motifs is 1. The molecule has 0 unspecified atom stereocenters. The minimum absolute atomic E-state index is 0.213. The summed E-state index contributed by atoms with van der Waals surface area (Å²) in [6.45, 7) is 2.95. The van der Waals surface area contributed by atoms with E-state index < -0.39 is 10.0 Å². The molecule has 0 spiro atoms. The van der Waals surface area contributed by atoms with Gasteiger partial charge in [0, 0.05) is 30.9 Å². The van der Waals surface area contributed by atoms with Crippen LogP contribution in [0.2, 0.25) is 0 Å². The van der Waals surface area contributed by atoms with Crippen molar-refractivity contribution in [2.45, 2.75) is 24.8 Å². The Bertz CT molecular complexity index is 913. The summed E-state index contributed by atoms with van der Waals surface area (Å²) in [7, 11) is -3.58. The second-order valence-electron chi connectivity index (χ2n) is 5.30. The summed E-state index contributed by atoms with van der Waals surface area (Å²) < 4.78 is 29.4. The van der Waals surface area contributed by atoms with E-state index in [0.717, 1.165) is 11.1 Å². The average Bonchev–Trinajstić information content (AvgIpc) is 2.96. The van der Waals surface area contributed by atoms with Gasteiger partial charge in [-0.1, -0.05) is 18.2 Å². The first-order valence-corrected chi connectivity index (χ1v) is 8.88. The molecule has 0 fully saturated rings. The second kappa shape index (κ2) is 6.47. The van der Waals surface area contributed by atoms with Gasteiger partial charge in [0.15, 0.2) is 0 Å². The molecule has 0 atom stereocenters. The first kappa shape index (κ1) is 15.6. The number of aromatic nitrogens is 3. The molecule has 3 rings (SSSR count). The molecule has 2 heterocycles. The average molecular weight is 330 g/mol. The highest BCUT2D eigenvalue weighted by atomic mass is 32.2. The number of nitrogens with zero attached hydrogens (tertiary/aromatic N) is 3. The predicted molar refractivity (Wildman–Crippen MR) is 88.5 cm³/mol. The Hall–Kier alpha value is -2.25. The van der Waals surface area contributed by atoms with Gasteiger partial charge in [0.1, 0.15) is 4.90 Å². The van der Waals surface area contributed by atoms with Crippen LogP contribution in [0.25, 0.3) is 10.9 Å². The van der Waals surface area contributed by atoms with Crippen molar-refractivity contribution in [2.75, 3.05) is 6.54 Å². The van der Waals surface area contributed by atoms with Gasteiger partial charge in [-0.15, -0.1) is 0 Å². The number of sulfonamides is 1. The van der Waals surface area contributed by atoms with Crippen LogP contribution in [0.3, 0.4) is 0 Å². The fourth-order valence-electron chi connectivity index (χ4n) is 2.41. The van der Waals surface area contributed by atoms with E-state index in [1.807, 2.05) is 36.0 Å². The molecule has 120 valence electrons. The highest BCUT2D eigenvalue weighted by Gasteiger charge is 2.17. The molecule has 7 heteroatoms. The zero-order chi connectivity index (χ0) is 16.3. The predicted octanol–water partition coefficient (Wildman–Crippen LogP) is 2.11. The largest absolute Gasteiger partial charge is 0.272 e. The van der Waals surface area contributed by atoms with Crippen LogP contribution in [0.5, 0.6) is 0 Å². The number of para-hydroxylation sites is 1. The smallest absolute Gasteiger partial charge is 0.242 e. The first-order valence-electron chi connectivity index (χ1n) is 7.40. The summed E-state index contributed by atoms with van der Waals surface area (Å²) in [5.74, 6) is 0. The maximum Gasteiger partial charge on any atom is 0.242 e. The van der Waals surface area contributed by atoms with Crippen LogP contribution >= 0.6 is 0 Å². The maximum atomic E-state index is 12.5. The molecule has 0 amide bonds. The Morgan fingerprint density at radius 3 is 2.78 bits per heavy atom. The third-order valence-corrected chi connectivity index (χ3v) is 5.01. The summed E-state index contributed by atoms with van der Waals surface area (Å²) in [6, 6.07) is 10.7. The molecule has 0 bridgehead atoms. The molecule has 2 aromatic heterocycles. The number of pyridine rings is 1. The molecule has 0 aliphatic rings. The third-order valence-electron chi connectivity index (χ3n) is 3.52. The third kappa shape index (κ3) is 3.57. The lowest BCUT2D eigenvalue weighted by atomic mass is 10.2. The number of aryl methyl sites for hydroxylation is 2. The molecule has 3 aromatic rings. The SMILES string of the molecule is Cc1ccn(CCCNS(=O)(=O)c2cccc3cccnc23)n1. The minimum Gasteiger partial charge on any atom is -0.272 e. The van der Waals surface area contributed by atoms with Crippen molar-refractivity contribution in [3.05, 3.63) is 54.5 Å². The highest BCUT2D eigenvalue weighted by molar-refractivity contribution is 7.89. The van der Waals surface area contributed by atoms with Crippen LogP contribution in [-0.2, 0) is 16.6 Å². The molecule has 23 heavy (non-hydrogen) atoms. The summed E-state index contributed by atoms with van der Waals surface area (Å²) in [5, 5.41) is 5.08. The summed E-state index contributed by atoms with van der Waals surface area (Å²) >= 11 is 0. The van der Waals surface area contributed by atoms with Gasteiger partial charge in [-0.25, -0.2) is 13.1 Å². The van der Waals surface area contributed by atoms with Crippen molar-refractivity contribution in [3.63, 3.8) is 0 Å². The number of rotatable bonds is 6. The molecule has 0 radical (unpaired) electrons. The van der Waals surface area contributed by atoms with Gasteiger partial charge in [0.2, 0.25) is 10.0 Å². The van der Waals surface area contributed by atoms with Crippen LogP contribution in [0.4, 0.5) is 0 Å². The minimum atomic E-state index is -3.58. The van der Waals surface area contributed by atoms with Gasteiger partial charge in [-0.3, -0.25) is 9.67 Å². The van der Waals surface area contributed by atoms with Gasteiger partial charge >= 0.3 is 0 Å². The normalized spacial score (nSPS) is 11.9. The Balaban J connectivity index is 1.68. The van der Waals surface area contributed by atoms with Gasteiger partial charge in [0.25, 0.3) is 0 Å². The summed E-state index contributed by atoms with van der Waals surface area (Å²) in [4.78, 5) is 4.41. The van der Waals surface area contributed by atoms with Crippen molar-refractivity contribution in [2.24, 2.45) is 0 Å². The van der Waals surface area contributed by atoms with Crippen molar-refractivity contribution in [1.29, 1.82) is 0 Å². The van der Waals surface area contributed by atoms with E-state index in [1.54, 1.807) is 24.4 Å². The standard InChI is InChI=1S/C16H18N4O2S/c1-13-8-12-20(19-13)11-4-10-18-23(21,22)15-7-2-5-14-6-3-9-17-16(14)15/h2-3,5-9,12,18H,4,10-11H2,1H3. The van der Waals surface area contributed by atoms with Crippen LogP contribution in [0.15, 0.2) is 53.7 Å². The lowest BCUT2D eigenvalue weighted by Gasteiger charge is -2.09. The molecule has 6 nitrogen and oxygen atoms in total. The van der Waals surface area contributed by atoms with E-state index in [4.69, 9.17) is 0 Å². The van der Waals surface area contributed by atoms with Gasteiger partial charge in [0.05, 0.1) is 11.2 Å². The monoisotopic (exact) mass is 330 g/mol. The fraction of sp³-hybridized carbons (Fsp3) is 0.250. The maximum absolute atomic E-state index is 12.5. The number of benzene rings is 1. The van der Waals surface area contributed by atoms with Gasteiger partial charge in [-0.05, 0) is 31.5 Å². The quantitative estimate of drug-likeness (QED) is 0.702. The molecule has 0 saturated carbocycles. The van der Waals surface area contributed by atoms with E-state index >= 15 is 0 Å². The van der Waals surface area contributed by atoms with E-state index in [1.165, 1.54) is 0 Å². The van der Waals surface area contributed by atoms with Crippen LogP contribution in [0, 0.1) is 6.92 Å². The molecular formula is C16H18N4O2S. The van der Waals surface area contributed by atoms with E-state index in [9.17, 15) is 8.42 Å². The molecule has 0 saturated heterocycles. The second-order valence-corrected chi connectivity index (χ2v) is 7.04. The van der Waals surface area contributed by atoms with Gasteiger partial charge in [-0.2, -0.15) is 5.10 Å². The summed E-state index contributed by atoms with van der Waals surface area (Å²) in [5.41, 5.74) is 1.44. The van der Waals surface area contributed by atoms with Crippen molar-refractivity contribution >= 4 is 20.9 Å². The van der Waals surface area contributed by atoms with Crippen LogP contribution < -0.4 is 4.72 Å². The van der Waals surface area contributed by atoms with Crippen LogP contribution in [-0.4, -0.2) is 29.7 Å². The van der Waals surface area contributed by atoms with Crippen LogP contribution in [0.1, 0.15) is 12.1 Å². The van der Waals surface area contributed by atoms with Crippen molar-refractivity contribution < 1.29 is 8.42 Å². The Labute approximate surface area is 135 Å². The lowest BCUT2D eigenvalue weighted by Crippen LogP contribution is -2.26. The molecule has 0 aliphatic heterocycles.